The van der Waals surface area contributed by atoms with Crippen LogP contribution in [0.4, 0.5) is 10.1 Å². The number of rotatable bonds is 6. The van der Waals surface area contributed by atoms with Crippen molar-refractivity contribution in [2.75, 3.05) is 38.6 Å². The first-order valence-electron chi connectivity index (χ1n) is 10.3. The minimum atomic E-state index is -0.200. The molecule has 1 saturated carbocycles. The van der Waals surface area contributed by atoms with Crippen molar-refractivity contribution in [3.8, 4) is 0 Å². The number of hydrogen-bond acceptors (Lipinski definition) is 3. The number of nitrogens with one attached hydrogen (secondary N) is 2. The van der Waals surface area contributed by atoms with Crippen molar-refractivity contribution in [2.45, 2.75) is 57.7 Å². The third kappa shape index (κ3) is 6.20. The number of aliphatic imine (C=N–C) groups is 1. The van der Waals surface area contributed by atoms with E-state index in [0.29, 0.717) is 18.3 Å². The Morgan fingerprint density at radius 1 is 1.25 bits per heavy atom. The zero-order chi connectivity index (χ0) is 19.2. The van der Waals surface area contributed by atoms with Crippen molar-refractivity contribution in [1.29, 1.82) is 0 Å². The highest BCUT2D eigenvalue weighted by molar-refractivity contribution is 14.0. The maximum atomic E-state index is 14.2. The number of hydrogen-bond donors (Lipinski definition) is 2. The highest BCUT2D eigenvalue weighted by atomic mass is 127. The van der Waals surface area contributed by atoms with Crippen molar-refractivity contribution in [3.63, 3.8) is 0 Å². The van der Waals surface area contributed by atoms with Crippen LogP contribution >= 0.6 is 24.0 Å². The Morgan fingerprint density at radius 3 is 2.64 bits per heavy atom. The van der Waals surface area contributed by atoms with Gasteiger partial charge in [0.2, 0.25) is 0 Å². The van der Waals surface area contributed by atoms with Crippen LogP contribution in [0, 0.1) is 5.82 Å². The molecule has 0 aromatic heterocycles. The van der Waals surface area contributed by atoms with Gasteiger partial charge in [-0.15, -0.1) is 24.0 Å². The second-order valence-electron chi connectivity index (χ2n) is 7.94. The summed E-state index contributed by atoms with van der Waals surface area (Å²) in [5.74, 6) is 0.626. The maximum absolute atomic E-state index is 14.2. The smallest absolute Gasteiger partial charge is 0.191 e. The predicted octanol–water partition coefficient (Wildman–Crippen LogP) is 3.58. The largest absolute Gasteiger partial charge is 0.375 e. The molecule has 0 amide bonds. The van der Waals surface area contributed by atoms with Gasteiger partial charge >= 0.3 is 0 Å². The molecule has 1 aliphatic carbocycles. The summed E-state index contributed by atoms with van der Waals surface area (Å²) < 4.78 is 14.2. The summed E-state index contributed by atoms with van der Waals surface area (Å²) in [7, 11) is 3.69. The first kappa shape index (κ1) is 23.2. The minimum absolute atomic E-state index is 0. The summed E-state index contributed by atoms with van der Waals surface area (Å²) in [6.07, 6.45) is 6.64. The van der Waals surface area contributed by atoms with Crippen molar-refractivity contribution >= 4 is 35.6 Å². The molecule has 0 bridgehead atoms. The number of nitrogens with zero attached hydrogens (tertiary/aromatic N) is 3. The lowest BCUT2D eigenvalue weighted by atomic mass is 10.2. The molecule has 28 heavy (non-hydrogen) atoms. The van der Waals surface area contributed by atoms with Crippen LogP contribution in [-0.4, -0.2) is 56.7 Å². The molecule has 2 N–H and O–H groups in total. The number of guanidine groups is 1. The van der Waals surface area contributed by atoms with Crippen LogP contribution in [-0.2, 0) is 6.54 Å². The van der Waals surface area contributed by atoms with Gasteiger partial charge in [-0.25, -0.2) is 9.38 Å². The second-order valence-corrected chi connectivity index (χ2v) is 7.94. The number of anilines is 1. The van der Waals surface area contributed by atoms with Crippen molar-refractivity contribution < 1.29 is 4.39 Å². The molecule has 2 fully saturated rings. The van der Waals surface area contributed by atoms with E-state index >= 15 is 0 Å². The Bertz CT molecular complexity index is 646. The van der Waals surface area contributed by atoms with Crippen LogP contribution < -0.4 is 15.5 Å². The third-order valence-electron chi connectivity index (χ3n) is 5.66. The summed E-state index contributed by atoms with van der Waals surface area (Å²) in [5.41, 5.74) is 1.49. The summed E-state index contributed by atoms with van der Waals surface area (Å²) in [6, 6.07) is 6.57. The molecule has 1 unspecified atom stereocenters. The van der Waals surface area contributed by atoms with Crippen LogP contribution in [0.2, 0.25) is 0 Å². The lowest BCUT2D eigenvalue weighted by Crippen LogP contribution is -2.45. The van der Waals surface area contributed by atoms with Crippen LogP contribution in [0.5, 0.6) is 0 Å². The van der Waals surface area contributed by atoms with Crippen molar-refractivity contribution in [1.82, 2.24) is 15.5 Å². The van der Waals surface area contributed by atoms with Gasteiger partial charge in [-0.05, 0) is 43.9 Å². The van der Waals surface area contributed by atoms with Gasteiger partial charge in [0.1, 0.15) is 5.82 Å². The molecule has 1 saturated heterocycles. The van der Waals surface area contributed by atoms with Crippen LogP contribution in [0.3, 0.4) is 0 Å². The molecule has 1 aliphatic heterocycles. The molecule has 3 rings (SSSR count). The van der Waals surface area contributed by atoms with E-state index in [1.807, 2.05) is 26.2 Å². The molecule has 1 aromatic rings. The molecule has 1 atom stereocenters. The van der Waals surface area contributed by atoms with Gasteiger partial charge in [-0.1, -0.05) is 18.9 Å². The molecule has 0 spiro atoms. The van der Waals surface area contributed by atoms with E-state index in [2.05, 4.69) is 27.4 Å². The normalized spacial score (nSPS) is 20.9. The Balaban J connectivity index is 0.00000280. The predicted molar refractivity (Wildman–Crippen MR) is 126 cm³/mol. The minimum Gasteiger partial charge on any atom is -0.375 e. The lowest BCUT2D eigenvalue weighted by Gasteiger charge is -2.24. The van der Waals surface area contributed by atoms with Gasteiger partial charge in [0.15, 0.2) is 5.96 Å². The molecule has 0 radical (unpaired) electrons. The summed E-state index contributed by atoms with van der Waals surface area (Å²) in [6.45, 7) is 5.64. The van der Waals surface area contributed by atoms with Crippen LogP contribution in [0.15, 0.2) is 23.2 Å². The molecule has 158 valence electrons. The number of benzene rings is 1. The zero-order valence-corrected chi connectivity index (χ0v) is 19.7. The fourth-order valence-electron chi connectivity index (χ4n) is 4.20. The summed E-state index contributed by atoms with van der Waals surface area (Å²) in [4.78, 5) is 9.11. The van der Waals surface area contributed by atoms with Crippen molar-refractivity contribution in [3.05, 3.63) is 29.6 Å². The Morgan fingerprint density at radius 2 is 2.00 bits per heavy atom. The Labute approximate surface area is 186 Å². The monoisotopic (exact) mass is 503 g/mol. The average molecular weight is 503 g/mol. The van der Waals surface area contributed by atoms with Crippen LogP contribution in [0.1, 0.15) is 44.6 Å². The van der Waals surface area contributed by atoms with Gasteiger partial charge in [-0.2, -0.15) is 0 Å². The standard InChI is InChI=1S/C21H34FN5.HI/c1-4-23-21(24-14-16-9-10-20(26(2)3)19(22)13-16)25-17-11-12-27(15-17)18-7-5-6-8-18;/h9-10,13,17-18H,4-8,11-12,14-15H2,1-3H3,(H2,23,24,25);1H. The fourth-order valence-corrected chi connectivity index (χ4v) is 4.20. The highest BCUT2D eigenvalue weighted by Crippen LogP contribution is 2.26. The summed E-state index contributed by atoms with van der Waals surface area (Å²) >= 11 is 0. The third-order valence-corrected chi connectivity index (χ3v) is 5.66. The maximum Gasteiger partial charge on any atom is 0.191 e. The molecular formula is C21H35FIN5. The van der Waals surface area contributed by atoms with E-state index in [1.54, 1.807) is 11.0 Å². The molecule has 1 heterocycles. The molecule has 1 aromatic carbocycles. The molecular weight excluding hydrogens is 468 g/mol. The van der Waals surface area contributed by atoms with E-state index in [1.165, 1.54) is 32.2 Å². The van der Waals surface area contributed by atoms with E-state index in [-0.39, 0.29) is 29.8 Å². The van der Waals surface area contributed by atoms with Crippen LogP contribution in [0.25, 0.3) is 0 Å². The second kappa shape index (κ2) is 11.2. The number of halogens is 2. The molecule has 2 aliphatic rings. The quantitative estimate of drug-likeness (QED) is 0.354. The van der Waals surface area contributed by atoms with Gasteiger partial charge in [0.05, 0.1) is 12.2 Å². The van der Waals surface area contributed by atoms with E-state index < -0.39 is 0 Å². The first-order valence-corrected chi connectivity index (χ1v) is 10.3. The van der Waals surface area contributed by atoms with Gasteiger partial charge in [0, 0.05) is 45.8 Å². The average Bonchev–Trinajstić information content (AvgIpc) is 3.31. The highest BCUT2D eigenvalue weighted by Gasteiger charge is 2.30. The topological polar surface area (TPSA) is 42.9 Å². The SMILES string of the molecule is CCNC(=NCc1ccc(N(C)C)c(F)c1)NC1CCN(C2CCCC2)C1.I. The molecule has 7 heteroatoms. The summed E-state index contributed by atoms with van der Waals surface area (Å²) in [5, 5.41) is 6.91. The number of likely N-dealkylation sites (tertiary alicyclic amines) is 1. The Kier molecular flexibility index (Phi) is 9.27. The van der Waals surface area contributed by atoms with E-state index in [4.69, 9.17) is 0 Å². The molecule has 5 nitrogen and oxygen atoms in total. The zero-order valence-electron chi connectivity index (χ0n) is 17.4. The van der Waals surface area contributed by atoms with Crippen molar-refractivity contribution in [2.24, 2.45) is 4.99 Å². The Hall–Kier alpha value is -1.09. The van der Waals surface area contributed by atoms with Gasteiger partial charge in [0.25, 0.3) is 0 Å². The van der Waals surface area contributed by atoms with E-state index in [9.17, 15) is 4.39 Å². The van der Waals surface area contributed by atoms with E-state index in [0.717, 1.165) is 37.1 Å². The fraction of sp³-hybridized carbons (Fsp3) is 0.667. The lowest BCUT2D eigenvalue weighted by molar-refractivity contribution is 0.242. The first-order chi connectivity index (χ1) is 13.1. The van der Waals surface area contributed by atoms with Gasteiger partial charge in [-0.3, -0.25) is 4.90 Å². The van der Waals surface area contributed by atoms with Gasteiger partial charge < -0.3 is 15.5 Å².